The summed E-state index contributed by atoms with van der Waals surface area (Å²) >= 11 is 0. The van der Waals surface area contributed by atoms with E-state index < -0.39 is 5.41 Å². The van der Waals surface area contributed by atoms with Crippen LogP contribution in [0.3, 0.4) is 0 Å². The standard InChI is InChI=1S/C14H27NO4/c1-5-11(12(16)19-9-7-8-15)10-14(3,4)13(17)18-6-2/h11H,5-10,15H2,1-4H3. The lowest BCUT2D eigenvalue weighted by molar-refractivity contribution is -0.157. The third kappa shape index (κ3) is 6.57. The van der Waals surface area contributed by atoms with Crippen LogP contribution in [0.5, 0.6) is 0 Å². The van der Waals surface area contributed by atoms with Gasteiger partial charge >= 0.3 is 11.9 Å². The Labute approximate surface area is 115 Å². The Hall–Kier alpha value is -1.10. The number of ether oxygens (including phenoxy) is 2. The highest BCUT2D eigenvalue weighted by atomic mass is 16.5. The van der Waals surface area contributed by atoms with Crippen LogP contribution in [-0.2, 0) is 19.1 Å². The van der Waals surface area contributed by atoms with Crippen molar-refractivity contribution in [1.29, 1.82) is 0 Å². The quantitative estimate of drug-likeness (QED) is 0.512. The zero-order valence-corrected chi connectivity index (χ0v) is 12.5. The van der Waals surface area contributed by atoms with Crippen molar-refractivity contribution in [3.8, 4) is 0 Å². The molecule has 1 atom stereocenters. The summed E-state index contributed by atoms with van der Waals surface area (Å²) in [6.45, 7) is 8.45. The first-order chi connectivity index (χ1) is 8.88. The highest BCUT2D eigenvalue weighted by molar-refractivity contribution is 5.78. The third-order valence-electron chi connectivity index (χ3n) is 3.00. The van der Waals surface area contributed by atoms with Gasteiger partial charge in [-0.1, -0.05) is 6.92 Å². The van der Waals surface area contributed by atoms with Crippen LogP contribution in [0, 0.1) is 11.3 Å². The molecule has 2 N–H and O–H groups in total. The average molecular weight is 273 g/mol. The molecule has 0 amide bonds. The fourth-order valence-electron chi connectivity index (χ4n) is 1.79. The van der Waals surface area contributed by atoms with E-state index in [1.54, 1.807) is 20.8 Å². The molecule has 5 nitrogen and oxygen atoms in total. The summed E-state index contributed by atoms with van der Waals surface area (Å²) < 4.78 is 10.2. The van der Waals surface area contributed by atoms with Crippen LogP contribution in [-0.4, -0.2) is 31.7 Å². The number of hydrogen-bond donors (Lipinski definition) is 1. The zero-order chi connectivity index (χ0) is 14.9. The number of nitrogens with two attached hydrogens (primary N) is 1. The Balaban J connectivity index is 4.44. The van der Waals surface area contributed by atoms with Gasteiger partial charge in [-0.15, -0.1) is 0 Å². The highest BCUT2D eigenvalue weighted by Gasteiger charge is 2.34. The fraction of sp³-hybridized carbons (Fsp3) is 0.857. The average Bonchev–Trinajstić information content (AvgIpc) is 2.36. The van der Waals surface area contributed by atoms with Gasteiger partial charge in [-0.2, -0.15) is 0 Å². The van der Waals surface area contributed by atoms with Crippen LogP contribution in [0.25, 0.3) is 0 Å². The molecule has 0 saturated heterocycles. The van der Waals surface area contributed by atoms with E-state index in [1.807, 2.05) is 6.92 Å². The Kier molecular flexibility index (Phi) is 8.39. The van der Waals surface area contributed by atoms with Gasteiger partial charge in [0.25, 0.3) is 0 Å². The van der Waals surface area contributed by atoms with E-state index in [4.69, 9.17) is 15.2 Å². The molecule has 19 heavy (non-hydrogen) atoms. The van der Waals surface area contributed by atoms with Gasteiger partial charge in [0.2, 0.25) is 0 Å². The monoisotopic (exact) mass is 273 g/mol. The minimum Gasteiger partial charge on any atom is -0.466 e. The summed E-state index contributed by atoms with van der Waals surface area (Å²) in [4.78, 5) is 23.7. The van der Waals surface area contributed by atoms with Crippen LogP contribution in [0.15, 0.2) is 0 Å². The Morgan fingerprint density at radius 3 is 2.32 bits per heavy atom. The van der Waals surface area contributed by atoms with Crippen molar-refractivity contribution in [3.05, 3.63) is 0 Å². The first kappa shape index (κ1) is 17.9. The van der Waals surface area contributed by atoms with E-state index in [2.05, 4.69) is 0 Å². The summed E-state index contributed by atoms with van der Waals surface area (Å²) in [5, 5.41) is 0. The predicted octanol–water partition coefficient (Wildman–Crippen LogP) is 1.88. The van der Waals surface area contributed by atoms with E-state index in [0.717, 1.165) is 0 Å². The largest absolute Gasteiger partial charge is 0.466 e. The van der Waals surface area contributed by atoms with E-state index in [1.165, 1.54) is 0 Å². The molecular weight excluding hydrogens is 246 g/mol. The van der Waals surface area contributed by atoms with E-state index >= 15 is 0 Å². The Morgan fingerprint density at radius 1 is 1.21 bits per heavy atom. The molecule has 0 spiro atoms. The fourth-order valence-corrected chi connectivity index (χ4v) is 1.79. The minimum atomic E-state index is -0.677. The molecule has 0 saturated carbocycles. The molecule has 0 aromatic heterocycles. The van der Waals surface area contributed by atoms with Crippen molar-refractivity contribution in [1.82, 2.24) is 0 Å². The SMILES string of the molecule is CCOC(=O)C(C)(C)CC(CC)C(=O)OCCCN. The second-order valence-corrected chi connectivity index (χ2v) is 5.22. The van der Waals surface area contributed by atoms with E-state index in [0.29, 0.717) is 39.0 Å². The second-order valence-electron chi connectivity index (χ2n) is 5.22. The molecule has 0 radical (unpaired) electrons. The van der Waals surface area contributed by atoms with Crippen LogP contribution >= 0.6 is 0 Å². The first-order valence-corrected chi connectivity index (χ1v) is 6.93. The lowest BCUT2D eigenvalue weighted by Crippen LogP contribution is -2.32. The molecule has 0 bridgehead atoms. The molecule has 5 heteroatoms. The van der Waals surface area contributed by atoms with Gasteiger partial charge in [-0.25, -0.2) is 0 Å². The van der Waals surface area contributed by atoms with Gasteiger partial charge in [0, 0.05) is 0 Å². The van der Waals surface area contributed by atoms with Crippen molar-refractivity contribution >= 4 is 11.9 Å². The molecule has 0 rings (SSSR count). The van der Waals surface area contributed by atoms with E-state index in [9.17, 15) is 9.59 Å². The number of hydrogen-bond acceptors (Lipinski definition) is 5. The van der Waals surface area contributed by atoms with Crippen LogP contribution < -0.4 is 5.73 Å². The smallest absolute Gasteiger partial charge is 0.311 e. The van der Waals surface area contributed by atoms with Gasteiger partial charge in [0.15, 0.2) is 0 Å². The zero-order valence-electron chi connectivity index (χ0n) is 12.5. The summed E-state index contributed by atoms with van der Waals surface area (Å²) in [7, 11) is 0. The lowest BCUT2D eigenvalue weighted by Gasteiger charge is -2.26. The van der Waals surface area contributed by atoms with Gasteiger partial charge in [-0.05, 0) is 46.6 Å². The molecule has 0 aliphatic carbocycles. The van der Waals surface area contributed by atoms with Crippen molar-refractivity contribution in [3.63, 3.8) is 0 Å². The van der Waals surface area contributed by atoms with Gasteiger partial charge in [0.1, 0.15) is 0 Å². The Bertz CT molecular complexity index is 289. The van der Waals surface area contributed by atoms with Gasteiger partial charge < -0.3 is 15.2 Å². The van der Waals surface area contributed by atoms with Gasteiger partial charge in [0.05, 0.1) is 24.5 Å². The summed E-state index contributed by atoms with van der Waals surface area (Å²) in [6.07, 6.45) is 1.73. The van der Waals surface area contributed by atoms with Crippen molar-refractivity contribution in [2.24, 2.45) is 17.1 Å². The molecule has 112 valence electrons. The molecule has 0 heterocycles. The van der Waals surface area contributed by atoms with Gasteiger partial charge in [-0.3, -0.25) is 9.59 Å². The number of carbonyl (C=O) groups is 2. The van der Waals surface area contributed by atoms with Crippen LogP contribution in [0.2, 0.25) is 0 Å². The second kappa shape index (κ2) is 8.91. The maximum Gasteiger partial charge on any atom is 0.311 e. The Morgan fingerprint density at radius 2 is 1.84 bits per heavy atom. The van der Waals surface area contributed by atoms with Crippen LogP contribution in [0.1, 0.15) is 47.0 Å². The molecule has 0 fully saturated rings. The third-order valence-corrected chi connectivity index (χ3v) is 3.00. The number of esters is 2. The highest BCUT2D eigenvalue weighted by Crippen LogP contribution is 2.29. The van der Waals surface area contributed by atoms with Crippen LogP contribution in [0.4, 0.5) is 0 Å². The normalized spacial score (nSPS) is 12.9. The summed E-state index contributed by atoms with van der Waals surface area (Å²) in [5.41, 5.74) is 4.67. The molecule has 1 unspecified atom stereocenters. The molecule has 0 aromatic rings. The molecular formula is C14H27NO4. The van der Waals surface area contributed by atoms with Crippen molar-refractivity contribution in [2.45, 2.75) is 47.0 Å². The maximum absolute atomic E-state index is 11.9. The minimum absolute atomic E-state index is 0.256. The summed E-state index contributed by atoms with van der Waals surface area (Å²) in [6, 6.07) is 0. The van der Waals surface area contributed by atoms with E-state index in [-0.39, 0.29) is 17.9 Å². The predicted molar refractivity (Wildman–Crippen MR) is 73.4 cm³/mol. The topological polar surface area (TPSA) is 78.6 Å². The van der Waals surface area contributed by atoms with Crippen molar-refractivity contribution < 1.29 is 19.1 Å². The maximum atomic E-state index is 11.9. The molecule has 0 aromatic carbocycles. The first-order valence-electron chi connectivity index (χ1n) is 6.93. The van der Waals surface area contributed by atoms with Crippen molar-refractivity contribution in [2.75, 3.05) is 19.8 Å². The lowest BCUT2D eigenvalue weighted by atomic mass is 9.81. The molecule has 0 aliphatic rings. The number of rotatable bonds is 9. The molecule has 0 aliphatic heterocycles. The number of carbonyl (C=O) groups excluding carboxylic acids is 2. The summed E-state index contributed by atoms with van der Waals surface area (Å²) in [5.74, 6) is -0.811.